The van der Waals surface area contributed by atoms with E-state index in [1.165, 1.54) is 51.4 Å². The summed E-state index contributed by atoms with van der Waals surface area (Å²) in [6.07, 6.45) is 13.8. The Morgan fingerprint density at radius 1 is 0.818 bits per heavy atom. The van der Waals surface area contributed by atoms with Gasteiger partial charge in [-0.2, -0.15) is 8.42 Å². The average molecular weight is 347 g/mol. The van der Waals surface area contributed by atoms with Crippen molar-refractivity contribution < 1.29 is 49.1 Å². The summed E-state index contributed by atoms with van der Waals surface area (Å²) in [7, 11) is -3.87. The van der Waals surface area contributed by atoms with E-state index in [1.807, 2.05) is 0 Å². The van der Waals surface area contributed by atoms with Crippen LogP contribution in [0.15, 0.2) is 0 Å². The molecule has 2 N–H and O–H groups in total. The van der Waals surface area contributed by atoms with Crippen LogP contribution in [-0.2, 0) is 10.1 Å². The summed E-state index contributed by atoms with van der Waals surface area (Å²) in [6.45, 7) is 2.23. The molecule has 0 saturated carbocycles. The van der Waals surface area contributed by atoms with Crippen molar-refractivity contribution in [1.82, 2.24) is 0 Å². The fraction of sp³-hybridized carbons (Fsp3) is 1.00. The van der Waals surface area contributed by atoms with Crippen molar-refractivity contribution in [3.63, 3.8) is 0 Å². The minimum absolute atomic E-state index is 0. The molecule has 1 unspecified atom stereocenters. The number of rotatable bonds is 15. The van der Waals surface area contributed by atoms with Gasteiger partial charge in [0.2, 0.25) is 0 Å². The van der Waals surface area contributed by atoms with Crippen LogP contribution in [0.4, 0.5) is 0 Å². The number of hydrogen-bond donors (Lipinski definition) is 2. The molecule has 4 nitrogen and oxygen atoms in total. The maximum Gasteiger partial charge on any atom is 1.00 e. The largest absolute Gasteiger partial charge is 1.00 e. The van der Waals surface area contributed by atoms with Crippen LogP contribution >= 0.6 is 0 Å². The maximum absolute atomic E-state index is 10.5. The van der Waals surface area contributed by atoms with E-state index in [0.29, 0.717) is 12.8 Å². The third-order valence-electron chi connectivity index (χ3n) is 3.83. The van der Waals surface area contributed by atoms with Gasteiger partial charge in [0, 0.05) is 0 Å². The predicted molar refractivity (Wildman–Crippen MR) is 89.2 cm³/mol. The Morgan fingerprint density at radius 2 is 1.23 bits per heavy atom. The van der Waals surface area contributed by atoms with Gasteiger partial charge in [-0.15, -0.1) is 0 Å². The van der Waals surface area contributed by atoms with Crippen molar-refractivity contribution in [2.45, 2.75) is 96.5 Å². The van der Waals surface area contributed by atoms with E-state index >= 15 is 0 Å². The SMILES string of the molecule is CCCCCCCCCCCCC(O)CCCS(=O)(=O)O.[H-].[Na+]. The van der Waals surface area contributed by atoms with Gasteiger partial charge in [-0.3, -0.25) is 4.55 Å². The summed E-state index contributed by atoms with van der Waals surface area (Å²) in [5.74, 6) is -0.248. The molecule has 130 valence electrons. The smallest absolute Gasteiger partial charge is 1.00 e. The van der Waals surface area contributed by atoms with E-state index in [0.717, 1.165) is 19.3 Å². The topological polar surface area (TPSA) is 74.6 Å². The third-order valence-corrected chi connectivity index (χ3v) is 4.64. The molecular weight excluding hydrogens is 311 g/mol. The summed E-state index contributed by atoms with van der Waals surface area (Å²) in [5.41, 5.74) is 0. The van der Waals surface area contributed by atoms with Crippen LogP contribution in [0.3, 0.4) is 0 Å². The molecule has 22 heavy (non-hydrogen) atoms. The normalized spacial score (nSPS) is 12.9. The van der Waals surface area contributed by atoms with Gasteiger partial charge in [-0.05, 0) is 19.3 Å². The van der Waals surface area contributed by atoms with E-state index in [2.05, 4.69) is 6.92 Å². The number of unbranched alkanes of at least 4 members (excludes halogenated alkanes) is 9. The van der Waals surface area contributed by atoms with Crippen molar-refractivity contribution in [3.05, 3.63) is 0 Å². The molecule has 0 bridgehead atoms. The second kappa shape index (κ2) is 16.7. The van der Waals surface area contributed by atoms with E-state index in [4.69, 9.17) is 4.55 Å². The molecule has 0 radical (unpaired) electrons. The Balaban J connectivity index is -0.00000200. The Morgan fingerprint density at radius 3 is 1.68 bits per heavy atom. The zero-order valence-electron chi connectivity index (χ0n) is 15.6. The number of aliphatic hydroxyl groups excluding tert-OH is 1. The van der Waals surface area contributed by atoms with E-state index < -0.39 is 16.2 Å². The van der Waals surface area contributed by atoms with Crippen molar-refractivity contribution in [2.24, 2.45) is 0 Å². The van der Waals surface area contributed by atoms with Gasteiger partial charge >= 0.3 is 29.6 Å². The molecule has 0 rings (SSSR count). The molecule has 0 fully saturated rings. The molecule has 0 saturated heterocycles. The van der Waals surface area contributed by atoms with Crippen LogP contribution in [-0.4, -0.2) is 29.9 Å². The summed E-state index contributed by atoms with van der Waals surface area (Å²) >= 11 is 0. The van der Waals surface area contributed by atoms with Crippen molar-refractivity contribution in [1.29, 1.82) is 0 Å². The predicted octanol–water partition coefficient (Wildman–Crippen LogP) is 1.44. The summed E-state index contributed by atoms with van der Waals surface area (Å²) in [4.78, 5) is 0. The summed E-state index contributed by atoms with van der Waals surface area (Å²) in [5, 5.41) is 9.69. The second-order valence-corrected chi connectivity index (χ2v) is 7.62. The molecule has 0 aromatic heterocycles. The molecule has 0 aromatic rings. The Kier molecular flexibility index (Phi) is 19.1. The Labute approximate surface area is 161 Å². The molecule has 0 aromatic carbocycles. The second-order valence-electron chi connectivity index (χ2n) is 6.05. The van der Waals surface area contributed by atoms with Gasteiger partial charge in [0.1, 0.15) is 0 Å². The standard InChI is InChI=1S/C16H34O4S.Na.H/c1-2-3-4-5-6-7-8-9-10-11-13-16(17)14-12-15-21(18,19)20;;/h16-17H,2-15H2,1H3,(H,18,19,20);;/q;+1;-1. The fourth-order valence-corrected chi connectivity index (χ4v) is 3.04. The molecule has 0 aliphatic carbocycles. The summed E-state index contributed by atoms with van der Waals surface area (Å²) in [6, 6.07) is 0. The molecule has 0 spiro atoms. The minimum Gasteiger partial charge on any atom is -1.00 e. The molecule has 6 heteroatoms. The first-order valence-electron chi connectivity index (χ1n) is 8.59. The molecule has 0 aliphatic heterocycles. The zero-order valence-corrected chi connectivity index (χ0v) is 17.4. The van der Waals surface area contributed by atoms with Crippen molar-refractivity contribution in [3.8, 4) is 0 Å². The molecule has 0 aliphatic rings. The van der Waals surface area contributed by atoms with E-state index in [1.54, 1.807) is 0 Å². The molecule has 1 atom stereocenters. The number of aliphatic hydroxyl groups is 1. The van der Waals surface area contributed by atoms with Crippen LogP contribution in [0.1, 0.15) is 91.8 Å². The minimum atomic E-state index is -3.87. The third kappa shape index (κ3) is 20.9. The van der Waals surface area contributed by atoms with Gasteiger partial charge in [-0.1, -0.05) is 71.1 Å². The van der Waals surface area contributed by atoms with Crippen LogP contribution in [0, 0.1) is 0 Å². The average Bonchev–Trinajstić information content (AvgIpc) is 2.39. The van der Waals surface area contributed by atoms with Crippen molar-refractivity contribution >= 4 is 10.1 Å². The fourth-order valence-electron chi connectivity index (χ4n) is 2.51. The van der Waals surface area contributed by atoms with Gasteiger partial charge in [0.15, 0.2) is 0 Å². The Hall–Kier alpha value is 0.870. The van der Waals surface area contributed by atoms with Crippen LogP contribution < -0.4 is 29.6 Å². The maximum atomic E-state index is 10.5. The molecule has 0 heterocycles. The van der Waals surface area contributed by atoms with E-state index in [9.17, 15) is 13.5 Å². The van der Waals surface area contributed by atoms with Crippen molar-refractivity contribution in [2.75, 3.05) is 5.75 Å². The zero-order chi connectivity index (χ0) is 16.0. The summed E-state index contributed by atoms with van der Waals surface area (Å²) < 4.78 is 29.6. The molecular formula is C16H35NaO4S. The first-order valence-corrected chi connectivity index (χ1v) is 10.2. The monoisotopic (exact) mass is 346 g/mol. The van der Waals surface area contributed by atoms with Crippen LogP contribution in [0.25, 0.3) is 0 Å². The quantitative estimate of drug-likeness (QED) is 0.267. The van der Waals surface area contributed by atoms with Crippen LogP contribution in [0.2, 0.25) is 0 Å². The van der Waals surface area contributed by atoms with Gasteiger partial charge < -0.3 is 6.53 Å². The molecule has 0 amide bonds. The number of hydrogen-bond acceptors (Lipinski definition) is 3. The van der Waals surface area contributed by atoms with Crippen LogP contribution in [0.5, 0.6) is 0 Å². The first-order chi connectivity index (χ1) is 9.95. The first kappa shape index (κ1) is 25.1. The van der Waals surface area contributed by atoms with Gasteiger partial charge in [0.25, 0.3) is 10.1 Å². The van der Waals surface area contributed by atoms with Gasteiger partial charge in [0.05, 0.1) is 11.9 Å². The van der Waals surface area contributed by atoms with Gasteiger partial charge in [-0.25, -0.2) is 0 Å². The van der Waals surface area contributed by atoms with E-state index in [-0.39, 0.29) is 36.7 Å². The Bertz CT molecular complexity index is 326.